The second kappa shape index (κ2) is 8.76. The van der Waals surface area contributed by atoms with E-state index in [-0.39, 0.29) is 5.91 Å². The number of ether oxygens (including phenoxy) is 1. The van der Waals surface area contributed by atoms with E-state index in [1.807, 2.05) is 12.1 Å². The Morgan fingerprint density at radius 3 is 2.36 bits per heavy atom. The Kier molecular flexibility index (Phi) is 6.68. The van der Waals surface area contributed by atoms with E-state index in [4.69, 9.17) is 4.74 Å². The van der Waals surface area contributed by atoms with Crippen LogP contribution in [0.15, 0.2) is 24.3 Å². The fraction of sp³-hybridized carbons (Fsp3) is 0.588. The van der Waals surface area contributed by atoms with Crippen molar-refractivity contribution in [2.75, 3.05) is 52.9 Å². The topological polar surface area (TPSA) is 44.8 Å². The summed E-state index contributed by atoms with van der Waals surface area (Å²) in [5, 5.41) is 2.98. The van der Waals surface area contributed by atoms with Crippen molar-refractivity contribution in [2.24, 2.45) is 0 Å². The third kappa shape index (κ3) is 5.00. The molecule has 1 amide bonds. The summed E-state index contributed by atoms with van der Waals surface area (Å²) in [7, 11) is 1.62. The molecule has 0 aliphatic carbocycles. The van der Waals surface area contributed by atoms with Crippen molar-refractivity contribution in [3.63, 3.8) is 0 Å². The van der Waals surface area contributed by atoms with E-state index in [0.717, 1.165) is 58.0 Å². The average molecular weight is 305 g/mol. The minimum atomic E-state index is -0.0153. The number of rotatable bonds is 7. The first-order valence-corrected chi connectivity index (χ1v) is 8.10. The van der Waals surface area contributed by atoms with Crippen LogP contribution in [0.1, 0.15) is 23.7 Å². The van der Waals surface area contributed by atoms with Crippen molar-refractivity contribution >= 4 is 5.91 Å². The summed E-state index contributed by atoms with van der Waals surface area (Å²) in [4.78, 5) is 17.0. The second-order valence-corrected chi connectivity index (χ2v) is 5.61. The van der Waals surface area contributed by atoms with Crippen molar-refractivity contribution in [1.29, 1.82) is 0 Å². The Balaban J connectivity index is 1.62. The molecule has 0 spiro atoms. The lowest BCUT2D eigenvalue weighted by Crippen LogP contribution is -2.46. The van der Waals surface area contributed by atoms with Crippen LogP contribution in [0.25, 0.3) is 0 Å². The van der Waals surface area contributed by atoms with Gasteiger partial charge in [-0.15, -0.1) is 0 Å². The molecule has 1 N–H and O–H groups in total. The number of methoxy groups -OCH3 is 1. The predicted octanol–water partition coefficient (Wildman–Crippen LogP) is 1.45. The van der Waals surface area contributed by atoms with Gasteiger partial charge in [-0.3, -0.25) is 4.79 Å². The number of hydrogen-bond donors (Lipinski definition) is 1. The first kappa shape index (κ1) is 16.8. The summed E-state index contributed by atoms with van der Waals surface area (Å²) in [6, 6.07) is 7.19. The predicted molar refractivity (Wildman–Crippen MR) is 88.5 cm³/mol. The number of piperazine rings is 1. The molecule has 0 bridgehead atoms. The van der Waals surface area contributed by atoms with Crippen LogP contribution in [-0.2, 0) is 0 Å². The molecule has 1 heterocycles. The molecule has 0 radical (unpaired) electrons. The number of carbonyl (C=O) groups is 1. The minimum Gasteiger partial charge on any atom is -0.497 e. The third-order valence-corrected chi connectivity index (χ3v) is 4.20. The smallest absolute Gasteiger partial charge is 0.251 e. The monoisotopic (exact) mass is 305 g/mol. The molecule has 22 heavy (non-hydrogen) atoms. The van der Waals surface area contributed by atoms with Gasteiger partial charge in [0.2, 0.25) is 0 Å². The van der Waals surface area contributed by atoms with Gasteiger partial charge in [-0.1, -0.05) is 6.92 Å². The van der Waals surface area contributed by atoms with Crippen LogP contribution >= 0.6 is 0 Å². The fourth-order valence-corrected chi connectivity index (χ4v) is 2.68. The summed E-state index contributed by atoms with van der Waals surface area (Å²) in [6.45, 7) is 9.74. The maximum atomic E-state index is 12.0. The molecule has 0 unspecified atom stereocenters. The molecule has 0 saturated carbocycles. The van der Waals surface area contributed by atoms with Gasteiger partial charge in [0.15, 0.2) is 0 Å². The Morgan fingerprint density at radius 1 is 1.14 bits per heavy atom. The van der Waals surface area contributed by atoms with Gasteiger partial charge >= 0.3 is 0 Å². The zero-order chi connectivity index (χ0) is 15.8. The summed E-state index contributed by atoms with van der Waals surface area (Å²) < 4.78 is 5.09. The van der Waals surface area contributed by atoms with Gasteiger partial charge in [0.25, 0.3) is 5.91 Å². The van der Waals surface area contributed by atoms with Crippen molar-refractivity contribution in [2.45, 2.75) is 13.3 Å². The van der Waals surface area contributed by atoms with Gasteiger partial charge in [-0.2, -0.15) is 0 Å². The highest BCUT2D eigenvalue weighted by Crippen LogP contribution is 2.11. The number of hydrogen-bond acceptors (Lipinski definition) is 4. The number of amides is 1. The Morgan fingerprint density at radius 2 is 1.77 bits per heavy atom. The Hall–Kier alpha value is -1.59. The van der Waals surface area contributed by atoms with Crippen molar-refractivity contribution in [3.05, 3.63) is 29.8 Å². The van der Waals surface area contributed by atoms with E-state index < -0.39 is 0 Å². The minimum absolute atomic E-state index is 0.0153. The molecular weight excluding hydrogens is 278 g/mol. The van der Waals surface area contributed by atoms with E-state index in [1.54, 1.807) is 19.2 Å². The third-order valence-electron chi connectivity index (χ3n) is 4.20. The number of carbonyl (C=O) groups excluding carboxylic acids is 1. The molecule has 1 aromatic carbocycles. The van der Waals surface area contributed by atoms with Crippen LogP contribution in [0.4, 0.5) is 0 Å². The highest BCUT2D eigenvalue weighted by Gasteiger charge is 2.14. The molecule has 0 aromatic heterocycles. The van der Waals surface area contributed by atoms with Crippen LogP contribution in [0.3, 0.4) is 0 Å². The molecule has 5 nitrogen and oxygen atoms in total. The first-order chi connectivity index (χ1) is 10.7. The van der Waals surface area contributed by atoms with Gasteiger partial charge < -0.3 is 19.9 Å². The lowest BCUT2D eigenvalue weighted by Gasteiger charge is -2.33. The molecule has 1 aliphatic rings. The van der Waals surface area contributed by atoms with Crippen molar-refractivity contribution in [3.8, 4) is 5.75 Å². The standard InChI is InChI=1S/C17H27N3O2/c1-3-19-11-13-20(14-12-19)10-4-9-18-17(21)15-5-7-16(22-2)8-6-15/h5-8H,3-4,9-14H2,1-2H3,(H,18,21). The Labute approximate surface area is 133 Å². The number of nitrogens with one attached hydrogen (secondary N) is 1. The molecular formula is C17H27N3O2. The van der Waals surface area contributed by atoms with E-state index in [2.05, 4.69) is 22.0 Å². The van der Waals surface area contributed by atoms with E-state index >= 15 is 0 Å². The number of likely N-dealkylation sites (N-methyl/N-ethyl adjacent to an activating group) is 1. The van der Waals surface area contributed by atoms with Crippen LogP contribution < -0.4 is 10.1 Å². The SMILES string of the molecule is CCN1CCN(CCCNC(=O)c2ccc(OC)cc2)CC1. The quantitative estimate of drug-likeness (QED) is 0.775. The van der Waals surface area contributed by atoms with Crippen LogP contribution in [0, 0.1) is 0 Å². The molecule has 122 valence electrons. The normalized spacial score (nSPS) is 16.5. The summed E-state index contributed by atoms with van der Waals surface area (Å²) >= 11 is 0. The number of benzene rings is 1. The maximum absolute atomic E-state index is 12.0. The zero-order valence-corrected chi connectivity index (χ0v) is 13.7. The average Bonchev–Trinajstić information content (AvgIpc) is 2.59. The molecule has 5 heteroatoms. The molecule has 1 aromatic rings. The highest BCUT2D eigenvalue weighted by atomic mass is 16.5. The summed E-state index contributed by atoms with van der Waals surface area (Å²) in [6.07, 6.45) is 0.994. The highest BCUT2D eigenvalue weighted by molar-refractivity contribution is 5.94. The second-order valence-electron chi connectivity index (χ2n) is 5.61. The van der Waals surface area contributed by atoms with Gasteiger partial charge in [-0.25, -0.2) is 0 Å². The molecule has 0 atom stereocenters. The van der Waals surface area contributed by atoms with Crippen molar-refractivity contribution < 1.29 is 9.53 Å². The molecule has 2 rings (SSSR count). The van der Waals surface area contributed by atoms with E-state index in [1.165, 1.54) is 0 Å². The van der Waals surface area contributed by atoms with Gasteiger partial charge in [0.1, 0.15) is 5.75 Å². The van der Waals surface area contributed by atoms with Gasteiger partial charge in [-0.05, 0) is 43.8 Å². The van der Waals surface area contributed by atoms with Crippen LogP contribution in [0.2, 0.25) is 0 Å². The zero-order valence-electron chi connectivity index (χ0n) is 13.7. The lowest BCUT2D eigenvalue weighted by molar-refractivity contribution is 0.0948. The van der Waals surface area contributed by atoms with Crippen LogP contribution in [-0.4, -0.2) is 68.6 Å². The van der Waals surface area contributed by atoms with Crippen LogP contribution in [0.5, 0.6) is 5.75 Å². The van der Waals surface area contributed by atoms with Gasteiger partial charge in [0, 0.05) is 38.3 Å². The van der Waals surface area contributed by atoms with E-state index in [9.17, 15) is 4.79 Å². The molecule has 1 saturated heterocycles. The first-order valence-electron chi connectivity index (χ1n) is 8.10. The fourth-order valence-electron chi connectivity index (χ4n) is 2.68. The summed E-state index contributed by atoms with van der Waals surface area (Å²) in [5.41, 5.74) is 0.678. The Bertz CT molecular complexity index is 453. The largest absolute Gasteiger partial charge is 0.497 e. The van der Waals surface area contributed by atoms with Crippen molar-refractivity contribution in [1.82, 2.24) is 15.1 Å². The maximum Gasteiger partial charge on any atom is 0.251 e. The number of nitrogens with zero attached hydrogens (tertiary/aromatic N) is 2. The molecule has 1 aliphatic heterocycles. The lowest BCUT2D eigenvalue weighted by atomic mass is 10.2. The summed E-state index contributed by atoms with van der Waals surface area (Å²) in [5.74, 6) is 0.751. The molecule has 1 fully saturated rings. The van der Waals surface area contributed by atoms with Gasteiger partial charge in [0.05, 0.1) is 7.11 Å². The van der Waals surface area contributed by atoms with E-state index in [0.29, 0.717) is 5.56 Å².